The molecule has 0 heteroatoms. The zero-order chi connectivity index (χ0) is 11.1. The summed E-state index contributed by atoms with van der Waals surface area (Å²) in [6.07, 6.45) is 8.11. The van der Waals surface area contributed by atoms with Gasteiger partial charge in [0, 0.05) is 0 Å². The maximum Gasteiger partial charge on any atom is -0.0146 e. The van der Waals surface area contributed by atoms with Crippen molar-refractivity contribution in [3.63, 3.8) is 0 Å². The van der Waals surface area contributed by atoms with Crippen molar-refractivity contribution in [1.29, 1.82) is 0 Å². The number of allylic oxidation sites excluding steroid dienone is 2. The molecule has 0 radical (unpaired) electrons. The van der Waals surface area contributed by atoms with Crippen molar-refractivity contribution in [3.8, 4) is 0 Å². The Morgan fingerprint density at radius 1 is 1.40 bits per heavy atom. The van der Waals surface area contributed by atoms with E-state index in [4.69, 9.17) is 0 Å². The third kappa shape index (κ3) is 1.91. The summed E-state index contributed by atoms with van der Waals surface area (Å²) in [6, 6.07) is 0. The standard InChI is InChI=1S/C15H24/c1-11(2)13-7-9-15(4)8-5-6-12(3)14(15)10-13/h13-14H,1,3,5-10H2,2,4H3/t13-,14+,15-/m0/s1. The molecule has 0 aromatic heterocycles. The summed E-state index contributed by atoms with van der Waals surface area (Å²) in [6.45, 7) is 13.1. The van der Waals surface area contributed by atoms with Crippen molar-refractivity contribution in [2.24, 2.45) is 17.3 Å². The summed E-state index contributed by atoms with van der Waals surface area (Å²) >= 11 is 0. The summed E-state index contributed by atoms with van der Waals surface area (Å²) in [7, 11) is 0. The first-order valence-corrected chi connectivity index (χ1v) is 6.36. The Morgan fingerprint density at radius 2 is 2.13 bits per heavy atom. The van der Waals surface area contributed by atoms with E-state index in [1.165, 1.54) is 49.7 Å². The van der Waals surface area contributed by atoms with Crippen LogP contribution in [0.1, 0.15) is 52.4 Å². The zero-order valence-corrected chi connectivity index (χ0v) is 10.3. The summed E-state index contributed by atoms with van der Waals surface area (Å²) in [5, 5.41) is 0. The molecule has 0 unspecified atom stereocenters. The van der Waals surface area contributed by atoms with Gasteiger partial charge in [-0.2, -0.15) is 0 Å². The van der Waals surface area contributed by atoms with Crippen molar-refractivity contribution in [3.05, 3.63) is 24.3 Å². The number of fused-ring (bicyclic) bond motifs is 1. The van der Waals surface area contributed by atoms with Crippen LogP contribution in [-0.2, 0) is 0 Å². The molecule has 3 atom stereocenters. The van der Waals surface area contributed by atoms with Crippen LogP contribution in [0.4, 0.5) is 0 Å². The first kappa shape index (κ1) is 11.0. The van der Waals surface area contributed by atoms with Crippen LogP contribution in [0, 0.1) is 17.3 Å². The van der Waals surface area contributed by atoms with Gasteiger partial charge in [0.1, 0.15) is 0 Å². The Labute approximate surface area is 94.5 Å². The number of hydrogen-bond donors (Lipinski definition) is 0. The van der Waals surface area contributed by atoms with E-state index < -0.39 is 0 Å². The fraction of sp³-hybridized carbons (Fsp3) is 0.733. The Balaban J connectivity index is 2.16. The maximum absolute atomic E-state index is 4.31. The molecule has 0 spiro atoms. The van der Waals surface area contributed by atoms with E-state index in [2.05, 4.69) is 27.0 Å². The van der Waals surface area contributed by atoms with E-state index in [0.717, 1.165) is 11.8 Å². The molecule has 0 aromatic carbocycles. The zero-order valence-electron chi connectivity index (χ0n) is 10.3. The van der Waals surface area contributed by atoms with E-state index in [1.807, 2.05) is 0 Å². The van der Waals surface area contributed by atoms with Crippen LogP contribution in [0.2, 0.25) is 0 Å². The highest BCUT2D eigenvalue weighted by Crippen LogP contribution is 2.54. The second-order valence-electron chi connectivity index (χ2n) is 6.04. The molecule has 15 heavy (non-hydrogen) atoms. The van der Waals surface area contributed by atoms with Crippen molar-refractivity contribution >= 4 is 0 Å². The highest BCUT2D eigenvalue weighted by molar-refractivity contribution is 5.15. The molecule has 2 saturated carbocycles. The topological polar surface area (TPSA) is 0 Å². The molecule has 0 heterocycles. The van der Waals surface area contributed by atoms with Crippen LogP contribution < -0.4 is 0 Å². The molecule has 2 rings (SSSR count). The van der Waals surface area contributed by atoms with E-state index in [9.17, 15) is 0 Å². The molecular formula is C15H24. The summed E-state index contributed by atoms with van der Waals surface area (Å²) in [5.74, 6) is 1.54. The van der Waals surface area contributed by atoms with Gasteiger partial charge in [0.05, 0.1) is 0 Å². The van der Waals surface area contributed by atoms with Gasteiger partial charge in [-0.15, -0.1) is 0 Å². The molecule has 0 saturated heterocycles. The molecule has 0 aliphatic heterocycles. The highest BCUT2D eigenvalue weighted by atomic mass is 14.5. The van der Waals surface area contributed by atoms with E-state index in [0.29, 0.717) is 5.41 Å². The monoisotopic (exact) mass is 204 g/mol. The minimum Gasteiger partial charge on any atom is -0.0999 e. The predicted molar refractivity (Wildman–Crippen MR) is 66.7 cm³/mol. The predicted octanol–water partition coefficient (Wildman–Crippen LogP) is 4.73. The van der Waals surface area contributed by atoms with Crippen molar-refractivity contribution in [1.82, 2.24) is 0 Å². The summed E-state index contributed by atoms with van der Waals surface area (Å²) in [5.41, 5.74) is 3.48. The van der Waals surface area contributed by atoms with Crippen molar-refractivity contribution in [2.75, 3.05) is 0 Å². The maximum atomic E-state index is 4.31. The second-order valence-corrected chi connectivity index (χ2v) is 6.04. The second kappa shape index (κ2) is 3.81. The minimum atomic E-state index is 0.571. The molecule has 2 aliphatic carbocycles. The largest absolute Gasteiger partial charge is 0.0999 e. The lowest BCUT2D eigenvalue weighted by atomic mass is 9.56. The Bertz CT molecular complexity index is 286. The van der Waals surface area contributed by atoms with E-state index >= 15 is 0 Å². The van der Waals surface area contributed by atoms with Crippen LogP contribution in [-0.4, -0.2) is 0 Å². The normalized spacial score (nSPS) is 41.1. The van der Waals surface area contributed by atoms with Crippen LogP contribution in [0.3, 0.4) is 0 Å². The van der Waals surface area contributed by atoms with Crippen LogP contribution in [0.15, 0.2) is 24.3 Å². The summed E-state index contributed by atoms with van der Waals surface area (Å²) in [4.78, 5) is 0. The smallest absolute Gasteiger partial charge is 0.0146 e. The first-order valence-electron chi connectivity index (χ1n) is 6.36. The lowest BCUT2D eigenvalue weighted by Crippen LogP contribution is -2.38. The van der Waals surface area contributed by atoms with Gasteiger partial charge in [0.15, 0.2) is 0 Å². The van der Waals surface area contributed by atoms with Gasteiger partial charge in [-0.25, -0.2) is 0 Å². The molecule has 0 bridgehead atoms. The quantitative estimate of drug-likeness (QED) is 0.542. The van der Waals surface area contributed by atoms with Gasteiger partial charge >= 0.3 is 0 Å². The van der Waals surface area contributed by atoms with E-state index in [-0.39, 0.29) is 0 Å². The molecule has 2 aliphatic rings. The lowest BCUT2D eigenvalue weighted by molar-refractivity contribution is 0.0832. The van der Waals surface area contributed by atoms with Crippen LogP contribution in [0.25, 0.3) is 0 Å². The van der Waals surface area contributed by atoms with Gasteiger partial charge in [0.25, 0.3) is 0 Å². The third-order valence-electron chi connectivity index (χ3n) is 4.86. The molecule has 2 fully saturated rings. The average molecular weight is 204 g/mol. The molecule has 0 aromatic rings. The molecule has 84 valence electrons. The third-order valence-corrected chi connectivity index (χ3v) is 4.86. The van der Waals surface area contributed by atoms with Gasteiger partial charge in [-0.05, 0) is 62.7 Å². The van der Waals surface area contributed by atoms with E-state index in [1.54, 1.807) is 0 Å². The fourth-order valence-corrected chi connectivity index (χ4v) is 3.66. The van der Waals surface area contributed by atoms with Crippen LogP contribution in [0.5, 0.6) is 0 Å². The SMILES string of the molecule is C=C(C)[C@H]1CC[C@]2(C)CCCC(=C)[C@H]2C1. The van der Waals surface area contributed by atoms with Gasteiger partial charge < -0.3 is 0 Å². The molecule has 0 amide bonds. The van der Waals surface area contributed by atoms with Gasteiger partial charge in [-0.1, -0.05) is 31.2 Å². The fourth-order valence-electron chi connectivity index (χ4n) is 3.66. The lowest BCUT2D eigenvalue weighted by Gasteiger charge is -2.49. The van der Waals surface area contributed by atoms with Gasteiger partial charge in [0.2, 0.25) is 0 Å². The molecule has 0 nitrogen and oxygen atoms in total. The first-order chi connectivity index (χ1) is 7.03. The highest BCUT2D eigenvalue weighted by Gasteiger charge is 2.42. The summed E-state index contributed by atoms with van der Waals surface area (Å²) < 4.78 is 0. The average Bonchev–Trinajstić information content (AvgIpc) is 2.17. The van der Waals surface area contributed by atoms with Crippen LogP contribution >= 0.6 is 0 Å². The van der Waals surface area contributed by atoms with Crippen molar-refractivity contribution in [2.45, 2.75) is 52.4 Å². The Morgan fingerprint density at radius 3 is 2.80 bits per heavy atom. The van der Waals surface area contributed by atoms with Crippen molar-refractivity contribution < 1.29 is 0 Å². The Kier molecular flexibility index (Phi) is 2.79. The van der Waals surface area contributed by atoms with Gasteiger partial charge in [-0.3, -0.25) is 0 Å². The molecular weight excluding hydrogens is 180 g/mol. The Hall–Kier alpha value is -0.520. The molecule has 0 N–H and O–H groups in total. The number of rotatable bonds is 1. The minimum absolute atomic E-state index is 0.571. The number of hydrogen-bond acceptors (Lipinski definition) is 0.